The number of aliphatic hydroxyl groups excluding tert-OH is 1. The molecule has 0 radical (unpaired) electrons. The summed E-state index contributed by atoms with van der Waals surface area (Å²) in [7, 11) is -13.9. The predicted molar refractivity (Wildman–Crippen MR) is 99.4 cm³/mol. The fourth-order valence-electron chi connectivity index (χ4n) is 1.82. The van der Waals surface area contributed by atoms with Crippen LogP contribution in [0, 0.1) is 6.92 Å². The van der Waals surface area contributed by atoms with E-state index in [4.69, 9.17) is 67.6 Å². The number of aromatic nitrogens is 2. The van der Waals surface area contributed by atoms with Crippen molar-refractivity contribution in [3.05, 3.63) is 32.6 Å². The molecule has 32 heavy (non-hydrogen) atoms. The lowest BCUT2D eigenvalue weighted by molar-refractivity contribution is -0.0356. The second-order valence-electron chi connectivity index (χ2n) is 5.58. The molecule has 0 amide bonds. The number of aliphatic hydroxyl groups is 1. The summed E-state index contributed by atoms with van der Waals surface area (Å²) in [6, 6.07) is 0. The Morgan fingerprint density at radius 1 is 1.00 bits per heavy atom. The van der Waals surface area contributed by atoms with Crippen LogP contribution in [-0.2, 0) is 18.4 Å². The van der Waals surface area contributed by atoms with E-state index in [2.05, 4.69) is 4.98 Å². The molecule has 0 aliphatic carbocycles. The molecule has 3 atom stereocenters. The zero-order chi connectivity index (χ0) is 26.1. The Kier molecular flexibility index (Phi) is 14.0. The van der Waals surface area contributed by atoms with Gasteiger partial charge < -0.3 is 53.9 Å². The van der Waals surface area contributed by atoms with Gasteiger partial charge in [-0.05, 0) is 6.92 Å². The monoisotopic (exact) mass is 538 g/mol. The predicted octanol–water partition coefficient (Wildman–Crippen LogP) is -3.32. The normalized spacial score (nSPS) is 20.7. The Morgan fingerprint density at radius 3 is 1.69 bits per heavy atom. The largest absolute Gasteiger partial charge is 0.466 e. The molecule has 1 aliphatic rings. The van der Waals surface area contributed by atoms with E-state index in [-0.39, 0.29) is 6.42 Å². The van der Waals surface area contributed by atoms with E-state index < -0.39 is 59.8 Å². The van der Waals surface area contributed by atoms with Gasteiger partial charge in [0, 0.05) is 18.2 Å². The first-order chi connectivity index (χ1) is 14.0. The second-order valence-corrected chi connectivity index (χ2v) is 8.66. The first-order valence-corrected chi connectivity index (χ1v) is 12.3. The van der Waals surface area contributed by atoms with Crippen LogP contribution in [0.1, 0.15) is 18.2 Å². The maximum absolute atomic E-state index is 13.4. The van der Waals surface area contributed by atoms with E-state index in [0.29, 0.717) is 5.56 Å². The van der Waals surface area contributed by atoms with Crippen molar-refractivity contribution >= 4 is 23.5 Å². The first kappa shape index (κ1) is 33.0. The summed E-state index contributed by atoms with van der Waals surface area (Å²) in [5.41, 5.74) is -0.771. The van der Waals surface area contributed by atoms with Gasteiger partial charge in [0.2, 0.25) is 0 Å². The molecule has 18 nitrogen and oxygen atoms in total. The van der Waals surface area contributed by atoms with Gasteiger partial charge in [0.25, 0.3) is 5.56 Å². The van der Waals surface area contributed by atoms with Crippen LogP contribution in [0.5, 0.6) is 0 Å². The molecule has 1 saturated heterocycles. The number of halogens is 1. The highest BCUT2D eigenvalue weighted by Gasteiger charge is 2.36. The fraction of sp³-hybridized carbons (Fsp3) is 0.600. The number of ether oxygens (including phenoxy) is 1. The fourth-order valence-corrected chi connectivity index (χ4v) is 1.82. The van der Waals surface area contributed by atoms with Gasteiger partial charge in [-0.1, -0.05) is 0 Å². The van der Waals surface area contributed by atoms with E-state index in [1.165, 1.54) is 6.20 Å². The molecule has 1 aromatic heterocycles. The topological polar surface area (TPSA) is 318 Å². The molecule has 1 aliphatic heterocycles. The van der Waals surface area contributed by atoms with Crippen molar-refractivity contribution in [1.29, 1.82) is 0 Å². The molecule has 2 rings (SSSR count). The lowest BCUT2D eigenvalue weighted by Crippen LogP contribution is -2.33. The van der Waals surface area contributed by atoms with Crippen LogP contribution in [0.2, 0.25) is 0 Å². The molecule has 22 heteroatoms. The highest BCUT2D eigenvalue weighted by atomic mass is 31.2. The van der Waals surface area contributed by atoms with Crippen molar-refractivity contribution < 1.29 is 72.0 Å². The number of hydrogen-bond donors (Lipinski definition) is 11. The molecule has 0 aromatic carbocycles. The highest BCUT2D eigenvalue weighted by Crippen LogP contribution is 2.29. The third-order valence-electron chi connectivity index (χ3n) is 2.80. The standard InChI is InChI=1S/C10H13FN2O4.3H3O4P/c1-5-3-13(10(16)12-9(5)15)8-2-6(11)7(4-14)17-8;3*1-5(2,3)4/h3,6-8,14H,2,4H2,1H3,(H,12,15,16);3*(H3,1,2,3,4)/t6-,7+,8+;;;/m0.../s1. The summed E-state index contributed by atoms with van der Waals surface area (Å²) >= 11 is 0. The van der Waals surface area contributed by atoms with Crippen LogP contribution in [0.3, 0.4) is 0 Å². The minimum atomic E-state index is -4.64. The summed E-state index contributed by atoms with van der Waals surface area (Å²) in [4.78, 5) is 89.5. The van der Waals surface area contributed by atoms with Gasteiger partial charge in [0.15, 0.2) is 0 Å². The lowest BCUT2D eigenvalue weighted by atomic mass is 10.2. The number of H-pyrrole nitrogens is 1. The number of alkyl halides is 1. The van der Waals surface area contributed by atoms with Crippen molar-refractivity contribution in [3.63, 3.8) is 0 Å². The number of aromatic amines is 1. The Labute approximate surface area is 176 Å². The maximum Gasteiger partial charge on any atom is 0.466 e. The molecule has 0 spiro atoms. The van der Waals surface area contributed by atoms with Gasteiger partial charge in [-0.3, -0.25) is 14.3 Å². The molecule has 0 saturated carbocycles. The first-order valence-electron chi connectivity index (χ1n) is 7.60. The van der Waals surface area contributed by atoms with Crippen LogP contribution in [0.4, 0.5) is 4.39 Å². The summed E-state index contributed by atoms with van der Waals surface area (Å²) in [5.74, 6) is 0. The summed E-state index contributed by atoms with van der Waals surface area (Å²) in [5, 5.41) is 8.86. The van der Waals surface area contributed by atoms with Gasteiger partial charge in [-0.15, -0.1) is 0 Å². The van der Waals surface area contributed by atoms with Crippen LogP contribution in [0.25, 0.3) is 0 Å². The zero-order valence-electron chi connectivity index (χ0n) is 15.8. The minimum Gasteiger partial charge on any atom is -0.394 e. The maximum atomic E-state index is 13.4. The number of phosphoric acid groups is 3. The van der Waals surface area contributed by atoms with Gasteiger partial charge >= 0.3 is 29.2 Å². The Morgan fingerprint density at radius 2 is 1.38 bits per heavy atom. The average Bonchev–Trinajstić information content (AvgIpc) is 2.86. The number of nitrogens with zero attached hydrogens (tertiary/aromatic N) is 1. The minimum absolute atomic E-state index is 0.0172. The van der Waals surface area contributed by atoms with Crippen LogP contribution in [-0.4, -0.2) is 77.6 Å². The number of nitrogens with one attached hydrogen (secondary N) is 1. The van der Waals surface area contributed by atoms with E-state index >= 15 is 0 Å². The number of hydrogen-bond acceptors (Lipinski definition) is 7. The molecule has 11 N–H and O–H groups in total. The van der Waals surface area contributed by atoms with Crippen LogP contribution >= 0.6 is 23.5 Å². The summed E-state index contributed by atoms with van der Waals surface area (Å²) in [6.07, 6.45) is -1.71. The van der Waals surface area contributed by atoms with Crippen LogP contribution in [0.15, 0.2) is 15.8 Å². The summed E-state index contributed by atoms with van der Waals surface area (Å²) in [6.45, 7) is 1.11. The number of rotatable bonds is 2. The van der Waals surface area contributed by atoms with Crippen molar-refractivity contribution in [2.45, 2.75) is 31.8 Å². The second kappa shape index (κ2) is 13.5. The van der Waals surface area contributed by atoms with E-state index in [0.717, 1.165) is 4.57 Å². The third-order valence-corrected chi connectivity index (χ3v) is 2.80. The smallest absolute Gasteiger partial charge is 0.394 e. The van der Waals surface area contributed by atoms with Gasteiger partial charge in [0.05, 0.1) is 6.61 Å². The van der Waals surface area contributed by atoms with E-state index in [9.17, 15) is 14.0 Å². The zero-order valence-corrected chi connectivity index (χ0v) is 18.5. The Balaban J connectivity index is 0. The highest BCUT2D eigenvalue weighted by molar-refractivity contribution is 7.45. The van der Waals surface area contributed by atoms with E-state index in [1.54, 1.807) is 6.92 Å². The molecule has 0 unspecified atom stereocenters. The van der Waals surface area contributed by atoms with Crippen molar-refractivity contribution in [3.8, 4) is 0 Å². The molecule has 2 heterocycles. The average molecular weight is 538 g/mol. The van der Waals surface area contributed by atoms with Crippen molar-refractivity contribution in [2.24, 2.45) is 0 Å². The lowest BCUT2D eigenvalue weighted by Gasteiger charge is -2.14. The van der Waals surface area contributed by atoms with Gasteiger partial charge in [0.1, 0.15) is 18.5 Å². The number of aryl methyl sites for hydroxylation is 1. The molecule has 1 fully saturated rings. The van der Waals surface area contributed by atoms with Crippen molar-refractivity contribution in [1.82, 2.24) is 9.55 Å². The third kappa shape index (κ3) is 20.7. The Hall–Kier alpha value is -1.14. The molecular formula is C10H22FN2O16P3. The molecular weight excluding hydrogens is 516 g/mol. The van der Waals surface area contributed by atoms with E-state index in [1.807, 2.05) is 0 Å². The van der Waals surface area contributed by atoms with Crippen LogP contribution < -0.4 is 11.2 Å². The Bertz CT molecular complexity index is 889. The molecule has 1 aromatic rings. The SMILES string of the molecule is Cc1cn([C@H]2C[C@H](F)[C@@H](CO)O2)c(=O)[nH]c1=O.O=P(O)(O)O.O=P(O)(O)O.O=P(O)(O)O. The van der Waals surface area contributed by atoms with Gasteiger partial charge in [-0.2, -0.15) is 0 Å². The molecule has 0 bridgehead atoms. The molecule has 190 valence electrons. The van der Waals surface area contributed by atoms with Crippen molar-refractivity contribution in [2.75, 3.05) is 6.61 Å². The quantitative estimate of drug-likeness (QED) is 0.164. The van der Waals surface area contributed by atoms with Gasteiger partial charge in [-0.25, -0.2) is 22.9 Å². The summed E-state index contributed by atoms with van der Waals surface area (Å²) < 4.78 is 46.3.